The van der Waals surface area contributed by atoms with Crippen molar-refractivity contribution in [2.75, 3.05) is 0 Å². The second-order valence-electron chi connectivity index (χ2n) is 5.72. The second-order valence-corrected chi connectivity index (χ2v) is 8.22. The first-order chi connectivity index (χ1) is 13.6. The largest absolute Gasteiger partial charge is 0.287 e. The summed E-state index contributed by atoms with van der Waals surface area (Å²) in [6, 6.07) is 9.17. The summed E-state index contributed by atoms with van der Waals surface area (Å²) in [5.41, 5.74) is 0.600. The van der Waals surface area contributed by atoms with Crippen LogP contribution in [0.25, 0.3) is 5.69 Å². The number of halogens is 3. The van der Waals surface area contributed by atoms with Gasteiger partial charge in [0.25, 0.3) is 15.9 Å². The average molecular weight is 454 g/mol. The Balaban J connectivity index is 1.91. The van der Waals surface area contributed by atoms with Crippen molar-refractivity contribution in [1.82, 2.24) is 19.7 Å². The summed E-state index contributed by atoms with van der Waals surface area (Å²) in [5.74, 6) is -2.01. The summed E-state index contributed by atoms with van der Waals surface area (Å²) in [6.45, 7) is 1.48. The molecule has 29 heavy (non-hydrogen) atoms. The lowest BCUT2D eigenvalue weighted by atomic mass is 10.2. The van der Waals surface area contributed by atoms with E-state index in [9.17, 15) is 17.6 Å². The Morgan fingerprint density at radius 1 is 1.21 bits per heavy atom. The third-order valence-electron chi connectivity index (χ3n) is 3.84. The predicted molar refractivity (Wildman–Crippen MR) is 102 cm³/mol. The predicted octanol–water partition coefficient (Wildman–Crippen LogP) is 3.01. The minimum atomic E-state index is -4.37. The van der Waals surface area contributed by atoms with Crippen molar-refractivity contribution in [3.63, 3.8) is 0 Å². The molecule has 0 saturated heterocycles. The van der Waals surface area contributed by atoms with Crippen LogP contribution >= 0.6 is 23.2 Å². The Kier molecular flexibility index (Phi) is 5.57. The highest BCUT2D eigenvalue weighted by molar-refractivity contribution is 7.90. The van der Waals surface area contributed by atoms with Crippen LogP contribution in [0.15, 0.2) is 41.3 Å². The standard InChI is InChI=1S/C17H10Cl2FN5O3S/c1-9-16(22-24-25(9)15-5-2-10(8-21)6-13(15)19)17(26)23-29(27,28)11-3-4-12(18)14(20)7-11/h2-7H,1H3,(H,23,26). The molecule has 0 fully saturated rings. The molecular weight excluding hydrogens is 444 g/mol. The van der Waals surface area contributed by atoms with Gasteiger partial charge in [-0.2, -0.15) is 5.26 Å². The quantitative estimate of drug-likeness (QED) is 0.648. The van der Waals surface area contributed by atoms with E-state index in [2.05, 4.69) is 10.3 Å². The molecule has 0 spiro atoms. The summed E-state index contributed by atoms with van der Waals surface area (Å²) < 4.78 is 41.3. The lowest BCUT2D eigenvalue weighted by molar-refractivity contribution is 0.0976. The van der Waals surface area contributed by atoms with E-state index in [1.165, 1.54) is 29.8 Å². The van der Waals surface area contributed by atoms with E-state index in [1.54, 1.807) is 4.72 Å². The Hall–Kier alpha value is -3.00. The number of amides is 1. The summed E-state index contributed by atoms with van der Waals surface area (Å²) in [5, 5.41) is 16.4. The van der Waals surface area contributed by atoms with Crippen LogP contribution in [0.4, 0.5) is 4.39 Å². The Morgan fingerprint density at radius 3 is 2.55 bits per heavy atom. The zero-order chi connectivity index (χ0) is 21.3. The number of hydrogen-bond donors (Lipinski definition) is 1. The third kappa shape index (κ3) is 4.07. The molecule has 1 aromatic heterocycles. The van der Waals surface area contributed by atoms with Gasteiger partial charge >= 0.3 is 0 Å². The summed E-state index contributed by atoms with van der Waals surface area (Å²) in [6.07, 6.45) is 0. The molecule has 3 aromatic rings. The van der Waals surface area contributed by atoms with Gasteiger partial charge in [0.1, 0.15) is 5.82 Å². The SMILES string of the molecule is Cc1c(C(=O)NS(=O)(=O)c2ccc(Cl)c(F)c2)nnn1-c1ccc(C#N)cc1Cl. The first kappa shape index (κ1) is 20.7. The normalized spacial score (nSPS) is 11.1. The maximum Gasteiger partial charge on any atom is 0.287 e. The average Bonchev–Trinajstić information content (AvgIpc) is 3.04. The maximum absolute atomic E-state index is 13.5. The van der Waals surface area contributed by atoms with E-state index < -0.39 is 26.6 Å². The molecule has 0 aliphatic rings. The van der Waals surface area contributed by atoms with Gasteiger partial charge in [-0.25, -0.2) is 22.2 Å². The van der Waals surface area contributed by atoms with Gasteiger partial charge in [-0.15, -0.1) is 5.10 Å². The van der Waals surface area contributed by atoms with Gasteiger partial charge in [0.05, 0.1) is 38.0 Å². The van der Waals surface area contributed by atoms with Crippen LogP contribution in [0, 0.1) is 24.1 Å². The van der Waals surface area contributed by atoms with Crippen molar-refractivity contribution < 1.29 is 17.6 Å². The summed E-state index contributed by atoms with van der Waals surface area (Å²) >= 11 is 11.7. The number of nitriles is 1. The maximum atomic E-state index is 13.5. The lowest BCUT2D eigenvalue weighted by Crippen LogP contribution is -2.31. The van der Waals surface area contributed by atoms with Gasteiger partial charge in [-0.05, 0) is 43.3 Å². The number of nitrogens with one attached hydrogen (secondary N) is 1. The number of carbonyl (C=O) groups excluding carboxylic acids is 1. The van der Waals surface area contributed by atoms with E-state index >= 15 is 0 Å². The van der Waals surface area contributed by atoms with E-state index in [4.69, 9.17) is 28.5 Å². The van der Waals surface area contributed by atoms with Crippen molar-refractivity contribution in [2.24, 2.45) is 0 Å². The minimum absolute atomic E-state index is 0.188. The number of rotatable bonds is 4. The summed E-state index contributed by atoms with van der Waals surface area (Å²) in [4.78, 5) is 12.0. The van der Waals surface area contributed by atoms with Crippen LogP contribution in [-0.2, 0) is 10.0 Å². The minimum Gasteiger partial charge on any atom is -0.266 e. The van der Waals surface area contributed by atoms with Crippen molar-refractivity contribution in [1.29, 1.82) is 5.26 Å². The number of aromatic nitrogens is 3. The van der Waals surface area contributed by atoms with Gasteiger partial charge in [-0.3, -0.25) is 4.79 Å². The fraction of sp³-hybridized carbons (Fsp3) is 0.0588. The van der Waals surface area contributed by atoms with Crippen molar-refractivity contribution in [3.8, 4) is 11.8 Å². The molecule has 3 rings (SSSR count). The summed E-state index contributed by atoms with van der Waals surface area (Å²) in [7, 11) is -4.37. The van der Waals surface area contributed by atoms with Crippen molar-refractivity contribution in [3.05, 3.63) is 69.2 Å². The third-order valence-corrected chi connectivity index (χ3v) is 5.78. The van der Waals surface area contributed by atoms with Gasteiger partial charge in [0.2, 0.25) is 0 Å². The van der Waals surface area contributed by atoms with Crippen LogP contribution in [-0.4, -0.2) is 29.3 Å². The molecule has 0 atom stereocenters. The molecular formula is C17H10Cl2FN5O3S. The van der Waals surface area contributed by atoms with Gasteiger partial charge < -0.3 is 0 Å². The van der Waals surface area contributed by atoms with Crippen LogP contribution in [0.5, 0.6) is 0 Å². The number of benzene rings is 2. The Labute approximate surface area is 174 Å². The highest BCUT2D eigenvalue weighted by atomic mass is 35.5. The molecule has 8 nitrogen and oxygen atoms in total. The molecule has 1 heterocycles. The second kappa shape index (κ2) is 7.79. The van der Waals surface area contributed by atoms with Crippen LogP contribution < -0.4 is 4.72 Å². The van der Waals surface area contributed by atoms with Gasteiger partial charge in [0.15, 0.2) is 5.69 Å². The highest BCUT2D eigenvalue weighted by Crippen LogP contribution is 2.23. The number of carbonyl (C=O) groups is 1. The van der Waals surface area contributed by atoms with E-state index in [0.717, 1.165) is 12.1 Å². The molecule has 0 unspecified atom stereocenters. The number of sulfonamides is 1. The fourth-order valence-electron chi connectivity index (χ4n) is 2.39. The molecule has 1 amide bonds. The van der Waals surface area contributed by atoms with Gasteiger partial charge in [0, 0.05) is 0 Å². The van der Waals surface area contributed by atoms with E-state index in [1.807, 2.05) is 6.07 Å². The Bertz CT molecular complexity index is 1280. The molecule has 0 bridgehead atoms. The molecule has 148 valence electrons. The monoisotopic (exact) mass is 453 g/mol. The zero-order valence-corrected chi connectivity index (χ0v) is 16.8. The molecule has 12 heteroatoms. The topological polar surface area (TPSA) is 118 Å². The molecule has 1 N–H and O–H groups in total. The molecule has 0 aliphatic heterocycles. The smallest absolute Gasteiger partial charge is 0.266 e. The Morgan fingerprint density at radius 2 is 1.93 bits per heavy atom. The van der Waals surface area contributed by atoms with E-state index in [0.29, 0.717) is 17.3 Å². The highest BCUT2D eigenvalue weighted by Gasteiger charge is 2.25. The van der Waals surface area contributed by atoms with Crippen LogP contribution in [0.2, 0.25) is 10.0 Å². The number of hydrogen-bond acceptors (Lipinski definition) is 6. The molecule has 0 saturated carbocycles. The molecule has 0 radical (unpaired) electrons. The molecule has 0 aliphatic carbocycles. The van der Waals surface area contributed by atoms with Crippen molar-refractivity contribution >= 4 is 39.1 Å². The van der Waals surface area contributed by atoms with Crippen LogP contribution in [0.1, 0.15) is 21.7 Å². The van der Waals surface area contributed by atoms with E-state index in [-0.39, 0.29) is 21.4 Å². The van der Waals surface area contributed by atoms with Crippen molar-refractivity contribution in [2.45, 2.75) is 11.8 Å². The first-order valence-corrected chi connectivity index (χ1v) is 10.0. The van der Waals surface area contributed by atoms with Crippen LogP contribution in [0.3, 0.4) is 0 Å². The molecule has 2 aromatic carbocycles. The first-order valence-electron chi connectivity index (χ1n) is 7.78. The number of nitrogens with zero attached hydrogens (tertiary/aromatic N) is 4. The zero-order valence-electron chi connectivity index (χ0n) is 14.5. The van der Waals surface area contributed by atoms with Gasteiger partial charge in [-0.1, -0.05) is 28.4 Å². The fourth-order valence-corrected chi connectivity index (χ4v) is 3.73. The lowest BCUT2D eigenvalue weighted by Gasteiger charge is -2.08.